The van der Waals surface area contributed by atoms with Gasteiger partial charge in [-0.1, -0.05) is 19.3 Å². The molecule has 0 radical (unpaired) electrons. The molecule has 0 aromatic heterocycles. The van der Waals surface area contributed by atoms with E-state index in [0.717, 1.165) is 12.8 Å². The third kappa shape index (κ3) is 4.61. The second-order valence-corrected chi connectivity index (χ2v) is 3.37. The molecule has 0 heterocycles. The first-order valence-electron chi connectivity index (χ1n) is 5.28. The number of rotatable bonds is 3. The van der Waals surface area contributed by atoms with Gasteiger partial charge >= 0.3 is 0 Å². The van der Waals surface area contributed by atoms with E-state index < -0.39 is 0 Å². The lowest BCUT2D eigenvalue weighted by Gasteiger charge is -1.96. The molecule has 0 aliphatic heterocycles. The Hall–Kier alpha value is -1.82. The van der Waals surface area contributed by atoms with Gasteiger partial charge < -0.3 is 5.32 Å². The minimum absolute atomic E-state index is 0.294. The van der Waals surface area contributed by atoms with Gasteiger partial charge in [-0.3, -0.25) is 4.79 Å². The Bertz CT molecular complexity index is 400. The minimum atomic E-state index is -0.307. The third-order valence-electron chi connectivity index (χ3n) is 1.98. The van der Waals surface area contributed by atoms with E-state index >= 15 is 0 Å². The van der Waals surface area contributed by atoms with Crippen LogP contribution in [0.2, 0.25) is 0 Å². The summed E-state index contributed by atoms with van der Waals surface area (Å²) < 4.78 is 12.6. The molecule has 0 spiro atoms. The van der Waals surface area contributed by atoms with Crippen molar-refractivity contribution in [2.75, 3.05) is 6.54 Å². The van der Waals surface area contributed by atoms with Crippen molar-refractivity contribution in [3.63, 3.8) is 0 Å². The summed E-state index contributed by atoms with van der Waals surface area (Å²) in [5, 5.41) is 2.68. The quantitative estimate of drug-likeness (QED) is 0.612. The lowest BCUT2D eigenvalue weighted by molar-refractivity contribution is -0.115. The molecule has 3 heteroatoms. The number of hydrogen-bond acceptors (Lipinski definition) is 1. The van der Waals surface area contributed by atoms with Crippen LogP contribution in [0.3, 0.4) is 0 Å². The van der Waals surface area contributed by atoms with Crippen LogP contribution in [-0.2, 0) is 4.79 Å². The van der Waals surface area contributed by atoms with Crippen molar-refractivity contribution in [1.29, 1.82) is 0 Å². The maximum atomic E-state index is 12.6. The van der Waals surface area contributed by atoms with Crippen LogP contribution in [0.1, 0.15) is 25.3 Å². The predicted molar refractivity (Wildman–Crippen MR) is 61.2 cm³/mol. The van der Waals surface area contributed by atoms with E-state index in [4.69, 9.17) is 0 Å². The van der Waals surface area contributed by atoms with Crippen molar-refractivity contribution in [3.05, 3.63) is 35.6 Å². The van der Waals surface area contributed by atoms with Crippen molar-refractivity contribution < 1.29 is 9.18 Å². The minimum Gasteiger partial charge on any atom is -0.345 e. The van der Waals surface area contributed by atoms with Gasteiger partial charge in [0.1, 0.15) is 5.82 Å². The highest BCUT2D eigenvalue weighted by atomic mass is 19.1. The van der Waals surface area contributed by atoms with Crippen LogP contribution < -0.4 is 5.32 Å². The Morgan fingerprint density at radius 1 is 1.38 bits per heavy atom. The first-order valence-corrected chi connectivity index (χ1v) is 5.28. The summed E-state index contributed by atoms with van der Waals surface area (Å²) in [7, 11) is 0. The highest BCUT2D eigenvalue weighted by molar-refractivity contribution is 5.94. The van der Waals surface area contributed by atoms with Crippen LogP contribution in [-0.4, -0.2) is 12.5 Å². The van der Waals surface area contributed by atoms with E-state index in [-0.39, 0.29) is 11.7 Å². The van der Waals surface area contributed by atoms with Crippen molar-refractivity contribution in [3.8, 4) is 11.8 Å². The van der Waals surface area contributed by atoms with Crippen molar-refractivity contribution in [1.82, 2.24) is 5.32 Å². The maximum absolute atomic E-state index is 12.6. The Morgan fingerprint density at radius 3 is 2.69 bits per heavy atom. The van der Waals surface area contributed by atoms with Crippen molar-refractivity contribution in [2.45, 2.75) is 19.8 Å². The summed E-state index contributed by atoms with van der Waals surface area (Å²) in [6.07, 6.45) is 1.98. The molecule has 84 valence electrons. The molecule has 0 aliphatic rings. The predicted octanol–water partition coefficient (Wildman–Crippen LogP) is 2.09. The molecule has 1 amide bonds. The highest BCUT2D eigenvalue weighted by Crippen LogP contribution is 2.00. The SMILES string of the molecule is CCCCNC(=O)C#Cc1ccc(F)cc1. The van der Waals surface area contributed by atoms with E-state index in [1.165, 1.54) is 12.1 Å². The lowest BCUT2D eigenvalue weighted by atomic mass is 10.2. The van der Waals surface area contributed by atoms with Crippen LogP contribution in [0.25, 0.3) is 0 Å². The number of benzene rings is 1. The van der Waals surface area contributed by atoms with Gasteiger partial charge in [0.05, 0.1) is 0 Å². The van der Waals surface area contributed by atoms with Gasteiger partial charge in [-0.15, -0.1) is 0 Å². The topological polar surface area (TPSA) is 29.1 Å². The van der Waals surface area contributed by atoms with Gasteiger partial charge in [-0.25, -0.2) is 4.39 Å². The number of nitrogens with one attached hydrogen (secondary N) is 1. The average molecular weight is 219 g/mol. The average Bonchev–Trinajstić information content (AvgIpc) is 2.29. The number of halogens is 1. The lowest BCUT2D eigenvalue weighted by Crippen LogP contribution is -2.22. The summed E-state index contributed by atoms with van der Waals surface area (Å²) in [5.74, 6) is 4.52. The Kier molecular flexibility index (Phi) is 5.07. The molecule has 16 heavy (non-hydrogen) atoms. The number of unbranched alkanes of at least 4 members (excludes halogenated alkanes) is 1. The maximum Gasteiger partial charge on any atom is 0.296 e. The van der Waals surface area contributed by atoms with Gasteiger partial charge in [-0.2, -0.15) is 0 Å². The fourth-order valence-corrected chi connectivity index (χ4v) is 1.09. The fraction of sp³-hybridized carbons (Fsp3) is 0.308. The van der Waals surface area contributed by atoms with Crippen LogP contribution in [0.5, 0.6) is 0 Å². The number of carbonyl (C=O) groups is 1. The molecule has 0 unspecified atom stereocenters. The van der Waals surface area contributed by atoms with Crippen LogP contribution in [0, 0.1) is 17.7 Å². The van der Waals surface area contributed by atoms with Crippen molar-refractivity contribution in [2.24, 2.45) is 0 Å². The zero-order valence-electron chi connectivity index (χ0n) is 9.22. The zero-order valence-corrected chi connectivity index (χ0v) is 9.22. The molecule has 2 nitrogen and oxygen atoms in total. The standard InChI is InChI=1S/C13H14FNO/c1-2-3-10-15-13(16)9-6-11-4-7-12(14)8-5-11/h4-5,7-8H,2-3,10H2,1H3,(H,15,16). The van der Waals surface area contributed by atoms with Gasteiger partial charge in [0.25, 0.3) is 5.91 Å². The Balaban J connectivity index is 2.47. The highest BCUT2D eigenvalue weighted by Gasteiger charge is 1.93. The summed E-state index contributed by atoms with van der Waals surface area (Å²) in [4.78, 5) is 11.2. The molecule has 1 N–H and O–H groups in total. The molecule has 0 fully saturated rings. The van der Waals surface area contributed by atoms with E-state index in [0.29, 0.717) is 12.1 Å². The summed E-state index contributed by atoms with van der Waals surface area (Å²) in [5.41, 5.74) is 0.632. The summed E-state index contributed by atoms with van der Waals surface area (Å²) >= 11 is 0. The largest absolute Gasteiger partial charge is 0.345 e. The second-order valence-electron chi connectivity index (χ2n) is 3.37. The van der Waals surface area contributed by atoms with Gasteiger partial charge in [0, 0.05) is 18.0 Å². The monoisotopic (exact) mass is 219 g/mol. The molecular formula is C13H14FNO. The van der Waals surface area contributed by atoms with Crippen LogP contribution in [0.15, 0.2) is 24.3 Å². The second kappa shape index (κ2) is 6.62. The van der Waals surface area contributed by atoms with E-state index in [1.54, 1.807) is 12.1 Å². The molecular weight excluding hydrogens is 205 g/mol. The van der Waals surface area contributed by atoms with E-state index in [1.807, 2.05) is 0 Å². The first-order chi connectivity index (χ1) is 7.72. The van der Waals surface area contributed by atoms with Crippen LogP contribution in [0.4, 0.5) is 4.39 Å². The summed E-state index contributed by atoms with van der Waals surface area (Å²) in [6.45, 7) is 2.70. The van der Waals surface area contributed by atoms with Crippen LogP contribution >= 0.6 is 0 Å². The number of amides is 1. The van der Waals surface area contributed by atoms with Gasteiger partial charge in [-0.05, 0) is 30.7 Å². The number of hydrogen-bond donors (Lipinski definition) is 1. The zero-order chi connectivity index (χ0) is 11.8. The Morgan fingerprint density at radius 2 is 2.06 bits per heavy atom. The van der Waals surface area contributed by atoms with Crippen molar-refractivity contribution >= 4 is 5.91 Å². The third-order valence-corrected chi connectivity index (χ3v) is 1.98. The fourth-order valence-electron chi connectivity index (χ4n) is 1.09. The Labute approximate surface area is 94.9 Å². The number of carbonyl (C=O) groups excluding carboxylic acids is 1. The molecule has 0 saturated heterocycles. The van der Waals surface area contributed by atoms with Gasteiger partial charge in [0.2, 0.25) is 0 Å². The van der Waals surface area contributed by atoms with E-state index in [2.05, 4.69) is 24.1 Å². The molecule has 1 aromatic rings. The van der Waals surface area contributed by atoms with Gasteiger partial charge in [0.15, 0.2) is 0 Å². The molecule has 0 bridgehead atoms. The molecule has 0 saturated carbocycles. The first kappa shape index (κ1) is 12.3. The molecule has 0 atom stereocenters. The molecule has 0 aliphatic carbocycles. The normalized spacial score (nSPS) is 9.12. The van der Waals surface area contributed by atoms with E-state index in [9.17, 15) is 9.18 Å². The molecule has 1 aromatic carbocycles. The molecule has 1 rings (SSSR count). The smallest absolute Gasteiger partial charge is 0.296 e. The summed E-state index contributed by atoms with van der Waals surface area (Å²) in [6, 6.07) is 5.72.